The van der Waals surface area contributed by atoms with Crippen molar-refractivity contribution < 1.29 is 24.2 Å². The van der Waals surface area contributed by atoms with Gasteiger partial charge in [0.1, 0.15) is 22.8 Å². The molecule has 0 saturated carbocycles. The number of phenols is 1. The summed E-state index contributed by atoms with van der Waals surface area (Å²) < 4.78 is 10.6. The molecular weight excluding hydrogens is 384 g/mol. The lowest BCUT2D eigenvalue weighted by Crippen LogP contribution is -2.31. The van der Waals surface area contributed by atoms with Crippen LogP contribution in [-0.2, 0) is 9.53 Å². The number of benzene rings is 1. The standard InChI is InChI=1S/C20H23ClN2O5/c1-10-7-11(24)8-14(27-3)16(10)19(25)17-15(28-4)9-12(18(21)20(17)26)13(22)5-6-23-2/h5-6,8-10,16,26H,7,22H2,1-4H3/t10-,16-/m1/s1. The molecule has 150 valence electrons. The Morgan fingerprint density at radius 1 is 1.39 bits per heavy atom. The first-order valence-electron chi connectivity index (χ1n) is 8.57. The zero-order valence-corrected chi connectivity index (χ0v) is 16.9. The van der Waals surface area contributed by atoms with Crippen molar-refractivity contribution in [3.05, 3.63) is 40.1 Å². The lowest BCUT2D eigenvalue weighted by molar-refractivity contribution is -0.116. The van der Waals surface area contributed by atoms with Gasteiger partial charge in [0, 0.05) is 37.0 Å². The van der Waals surface area contributed by atoms with Gasteiger partial charge in [-0.3, -0.25) is 14.6 Å². The van der Waals surface area contributed by atoms with Crippen molar-refractivity contribution in [3.8, 4) is 11.5 Å². The molecule has 0 saturated heterocycles. The molecule has 0 amide bonds. The fraction of sp³-hybridized carbons (Fsp3) is 0.350. The van der Waals surface area contributed by atoms with Crippen molar-refractivity contribution in [3.63, 3.8) is 0 Å². The molecule has 28 heavy (non-hydrogen) atoms. The van der Waals surface area contributed by atoms with Crippen LogP contribution in [0, 0.1) is 11.8 Å². The molecule has 0 unspecified atom stereocenters. The van der Waals surface area contributed by atoms with Gasteiger partial charge in [0.05, 0.1) is 25.2 Å². The van der Waals surface area contributed by atoms with Gasteiger partial charge in [-0.05, 0) is 18.1 Å². The molecule has 0 radical (unpaired) electrons. The van der Waals surface area contributed by atoms with Crippen molar-refractivity contribution in [2.24, 2.45) is 22.6 Å². The Hall–Kier alpha value is -2.80. The molecule has 7 nitrogen and oxygen atoms in total. The third-order valence-corrected chi connectivity index (χ3v) is 4.99. The lowest BCUT2D eigenvalue weighted by Gasteiger charge is -2.28. The summed E-state index contributed by atoms with van der Waals surface area (Å²) >= 11 is 6.29. The summed E-state index contributed by atoms with van der Waals surface area (Å²) in [5.74, 6) is -1.70. The first-order chi connectivity index (χ1) is 13.3. The molecule has 1 aromatic rings. The number of hydrogen-bond acceptors (Lipinski definition) is 7. The highest BCUT2D eigenvalue weighted by Gasteiger charge is 2.38. The summed E-state index contributed by atoms with van der Waals surface area (Å²) in [4.78, 5) is 28.9. The maximum atomic E-state index is 13.3. The molecule has 0 fully saturated rings. The van der Waals surface area contributed by atoms with E-state index in [4.69, 9.17) is 26.8 Å². The number of hydrogen-bond donors (Lipinski definition) is 2. The van der Waals surface area contributed by atoms with E-state index in [2.05, 4.69) is 4.99 Å². The lowest BCUT2D eigenvalue weighted by atomic mass is 9.78. The van der Waals surface area contributed by atoms with E-state index in [1.165, 1.54) is 38.7 Å². The van der Waals surface area contributed by atoms with Crippen LogP contribution in [0.15, 0.2) is 29.0 Å². The van der Waals surface area contributed by atoms with Crippen LogP contribution >= 0.6 is 11.6 Å². The highest BCUT2D eigenvalue weighted by atomic mass is 35.5. The van der Waals surface area contributed by atoms with Crippen LogP contribution in [0.5, 0.6) is 11.5 Å². The Kier molecular flexibility index (Phi) is 6.85. The van der Waals surface area contributed by atoms with Crippen LogP contribution in [0.4, 0.5) is 0 Å². The van der Waals surface area contributed by atoms with E-state index in [0.717, 1.165) is 0 Å². The smallest absolute Gasteiger partial charge is 0.181 e. The molecule has 1 aliphatic rings. The van der Waals surface area contributed by atoms with Gasteiger partial charge in [0.15, 0.2) is 11.6 Å². The van der Waals surface area contributed by atoms with Gasteiger partial charge < -0.3 is 20.3 Å². The maximum Gasteiger partial charge on any atom is 0.181 e. The molecule has 0 bridgehead atoms. The van der Waals surface area contributed by atoms with Crippen LogP contribution in [0.1, 0.15) is 29.3 Å². The predicted octanol–water partition coefficient (Wildman–Crippen LogP) is 2.99. The summed E-state index contributed by atoms with van der Waals surface area (Å²) in [5, 5.41) is 10.6. The highest BCUT2D eigenvalue weighted by Crippen LogP contribution is 2.43. The minimum atomic E-state index is -0.746. The summed E-state index contributed by atoms with van der Waals surface area (Å²) in [6, 6.07) is 1.49. The van der Waals surface area contributed by atoms with Gasteiger partial charge in [0.25, 0.3) is 0 Å². The number of nitrogens with two attached hydrogens (primary N) is 1. The highest BCUT2D eigenvalue weighted by molar-refractivity contribution is 6.34. The van der Waals surface area contributed by atoms with Gasteiger partial charge in [-0.25, -0.2) is 0 Å². The molecule has 0 heterocycles. The number of aliphatic imine (C=N–C) groups is 1. The second kappa shape index (κ2) is 8.93. The van der Waals surface area contributed by atoms with Crippen LogP contribution < -0.4 is 10.5 Å². The Labute approximate surface area is 168 Å². The Morgan fingerprint density at radius 3 is 2.64 bits per heavy atom. The zero-order valence-electron chi connectivity index (χ0n) is 16.2. The topological polar surface area (TPSA) is 111 Å². The molecule has 1 aromatic carbocycles. The molecular formula is C20H23ClN2O5. The zero-order chi connectivity index (χ0) is 21.0. The third kappa shape index (κ3) is 4.04. The second-order valence-corrected chi connectivity index (χ2v) is 6.81. The van der Waals surface area contributed by atoms with E-state index in [0.29, 0.717) is 5.56 Å². The quantitative estimate of drug-likeness (QED) is 0.555. The molecule has 3 N–H and O–H groups in total. The number of halogens is 1. The van der Waals surface area contributed by atoms with E-state index in [1.54, 1.807) is 14.0 Å². The van der Waals surface area contributed by atoms with Crippen LogP contribution in [0.25, 0.3) is 5.70 Å². The molecule has 8 heteroatoms. The minimum absolute atomic E-state index is 0.0788. The molecule has 0 spiro atoms. The van der Waals surface area contributed by atoms with Crippen LogP contribution in [0.3, 0.4) is 0 Å². The number of carbonyl (C=O) groups is 2. The van der Waals surface area contributed by atoms with E-state index in [-0.39, 0.29) is 45.9 Å². The normalized spacial score (nSPS) is 20.2. The summed E-state index contributed by atoms with van der Waals surface area (Å²) in [6.07, 6.45) is 4.50. The number of allylic oxidation sites excluding steroid dienone is 3. The van der Waals surface area contributed by atoms with E-state index >= 15 is 0 Å². The first kappa shape index (κ1) is 21.5. The Balaban J connectivity index is 2.62. The number of ether oxygens (including phenoxy) is 2. The number of carbonyl (C=O) groups excluding carboxylic acids is 2. The van der Waals surface area contributed by atoms with E-state index < -0.39 is 17.5 Å². The summed E-state index contributed by atoms with van der Waals surface area (Å²) in [7, 11) is 4.35. The van der Waals surface area contributed by atoms with Crippen LogP contribution in [0.2, 0.25) is 5.02 Å². The largest absolute Gasteiger partial charge is 0.505 e. The van der Waals surface area contributed by atoms with Crippen molar-refractivity contribution in [2.75, 3.05) is 21.3 Å². The fourth-order valence-electron chi connectivity index (χ4n) is 3.23. The molecule has 0 aromatic heterocycles. The molecule has 2 rings (SSSR count). The molecule has 0 aliphatic heterocycles. The summed E-state index contributed by atoms with van der Waals surface area (Å²) in [6.45, 7) is 1.77. The summed E-state index contributed by atoms with van der Waals surface area (Å²) in [5.41, 5.74) is 6.47. The average molecular weight is 407 g/mol. The van der Waals surface area contributed by atoms with Crippen molar-refractivity contribution in [1.82, 2.24) is 0 Å². The second-order valence-electron chi connectivity index (χ2n) is 6.43. The van der Waals surface area contributed by atoms with E-state index in [1.807, 2.05) is 0 Å². The Bertz CT molecular complexity index is 889. The number of methoxy groups -OCH3 is 2. The number of aromatic hydroxyl groups is 1. The monoisotopic (exact) mass is 406 g/mol. The third-order valence-electron chi connectivity index (χ3n) is 4.60. The van der Waals surface area contributed by atoms with Gasteiger partial charge in [0.2, 0.25) is 0 Å². The van der Waals surface area contributed by atoms with Crippen molar-refractivity contribution >= 4 is 35.1 Å². The van der Waals surface area contributed by atoms with Gasteiger partial charge in [-0.2, -0.15) is 0 Å². The first-order valence-corrected chi connectivity index (χ1v) is 8.94. The van der Waals surface area contributed by atoms with Crippen molar-refractivity contribution in [1.29, 1.82) is 0 Å². The number of ketones is 2. The predicted molar refractivity (Wildman–Crippen MR) is 108 cm³/mol. The number of rotatable bonds is 6. The number of nitrogens with zero attached hydrogens (tertiary/aromatic N) is 1. The van der Waals surface area contributed by atoms with Gasteiger partial charge >= 0.3 is 0 Å². The minimum Gasteiger partial charge on any atom is -0.505 e. The van der Waals surface area contributed by atoms with Crippen LogP contribution in [-0.4, -0.2) is 44.2 Å². The Morgan fingerprint density at radius 2 is 2.07 bits per heavy atom. The number of Topliss-reactive ketones (excluding diaryl/α,β-unsaturated/α-hetero) is 1. The SMILES string of the molecule is CN=CC=C(N)c1cc(OC)c(C(=O)[C@H]2C(OC)=CC(=O)C[C@H]2C)c(O)c1Cl. The van der Waals surface area contributed by atoms with Crippen molar-refractivity contribution in [2.45, 2.75) is 13.3 Å². The maximum absolute atomic E-state index is 13.3. The molecule has 1 aliphatic carbocycles. The average Bonchev–Trinajstić information content (AvgIpc) is 2.66. The molecule has 2 atom stereocenters. The van der Waals surface area contributed by atoms with E-state index in [9.17, 15) is 14.7 Å². The van der Waals surface area contributed by atoms with Gasteiger partial charge in [-0.15, -0.1) is 0 Å². The number of phenolic OH excluding ortho intramolecular Hbond substituents is 1. The van der Waals surface area contributed by atoms with Gasteiger partial charge in [-0.1, -0.05) is 18.5 Å². The fourth-order valence-corrected chi connectivity index (χ4v) is 3.48.